The van der Waals surface area contributed by atoms with E-state index in [4.69, 9.17) is 0 Å². The number of β-lactam (4-membered cyclic amide) rings is 1. The van der Waals surface area contributed by atoms with Gasteiger partial charge < -0.3 is 15.3 Å². The van der Waals surface area contributed by atoms with Crippen LogP contribution in [0.25, 0.3) is 0 Å². The molecule has 3 aliphatic rings. The third kappa shape index (κ3) is 2.68. The third-order valence-corrected chi connectivity index (χ3v) is 6.81. The molecule has 0 aliphatic carbocycles. The third-order valence-electron chi connectivity index (χ3n) is 4.04. The van der Waals surface area contributed by atoms with Gasteiger partial charge in [0, 0.05) is 12.0 Å². The van der Waals surface area contributed by atoms with Crippen molar-refractivity contribution in [1.82, 2.24) is 10.2 Å². The van der Waals surface area contributed by atoms with Gasteiger partial charge in [-0.25, -0.2) is 0 Å². The number of thioether (sulfide) groups is 2. The van der Waals surface area contributed by atoms with E-state index in [0.29, 0.717) is 0 Å². The van der Waals surface area contributed by atoms with Crippen molar-refractivity contribution < 1.29 is 9.90 Å². The summed E-state index contributed by atoms with van der Waals surface area (Å²) in [7, 11) is 0. The highest BCUT2D eigenvalue weighted by Gasteiger charge is 2.52. The fraction of sp³-hybridized carbons (Fsp3) is 0.769. The van der Waals surface area contributed by atoms with Crippen LogP contribution >= 0.6 is 23.5 Å². The van der Waals surface area contributed by atoms with E-state index < -0.39 is 6.10 Å². The van der Waals surface area contributed by atoms with Crippen molar-refractivity contribution in [3.63, 3.8) is 0 Å². The number of carbonyl (C=O) groups is 1. The van der Waals surface area contributed by atoms with Crippen molar-refractivity contribution in [3.8, 4) is 0 Å². The summed E-state index contributed by atoms with van der Waals surface area (Å²) < 4.78 is 1.24. The zero-order chi connectivity index (χ0) is 13.4. The van der Waals surface area contributed by atoms with E-state index >= 15 is 0 Å². The number of rotatable bonds is 4. The van der Waals surface area contributed by atoms with Crippen molar-refractivity contribution in [2.24, 2.45) is 11.8 Å². The smallest absolute Gasteiger partial charge is 0.236 e. The molecular formula is C13H20N2O2S2. The number of hydrogen-bond donors (Lipinski definition) is 2. The Labute approximate surface area is 122 Å². The average Bonchev–Trinajstić information content (AvgIpc) is 2.76. The lowest BCUT2D eigenvalue weighted by Crippen LogP contribution is -2.58. The van der Waals surface area contributed by atoms with Gasteiger partial charge in [0.05, 0.1) is 16.3 Å². The lowest BCUT2D eigenvalue weighted by molar-refractivity contribution is -0.151. The van der Waals surface area contributed by atoms with Gasteiger partial charge >= 0.3 is 0 Å². The molecule has 2 N–H and O–H groups in total. The van der Waals surface area contributed by atoms with Crippen LogP contribution in [0.15, 0.2) is 10.4 Å². The fourth-order valence-electron chi connectivity index (χ4n) is 2.80. The van der Waals surface area contributed by atoms with Crippen molar-refractivity contribution >= 4 is 29.4 Å². The molecule has 3 atom stereocenters. The largest absolute Gasteiger partial charge is 0.392 e. The molecule has 0 saturated carbocycles. The second-order valence-electron chi connectivity index (χ2n) is 5.47. The quantitative estimate of drug-likeness (QED) is 0.769. The first-order valence-electron chi connectivity index (χ1n) is 6.89. The topological polar surface area (TPSA) is 52.6 Å². The zero-order valence-corrected chi connectivity index (χ0v) is 12.7. The van der Waals surface area contributed by atoms with Crippen molar-refractivity contribution in [1.29, 1.82) is 0 Å². The molecule has 19 heavy (non-hydrogen) atoms. The number of aliphatic hydroxyl groups is 1. The first-order valence-corrected chi connectivity index (χ1v) is 8.75. The summed E-state index contributed by atoms with van der Waals surface area (Å²) in [6.07, 6.45) is 3.95. The van der Waals surface area contributed by atoms with Crippen LogP contribution in [0.1, 0.15) is 19.8 Å². The van der Waals surface area contributed by atoms with E-state index in [0.717, 1.165) is 24.8 Å². The molecule has 2 fully saturated rings. The normalized spacial score (nSPS) is 32.8. The first-order chi connectivity index (χ1) is 9.16. The van der Waals surface area contributed by atoms with E-state index in [1.807, 2.05) is 18.0 Å². The van der Waals surface area contributed by atoms with Gasteiger partial charge in [-0.2, -0.15) is 0 Å². The van der Waals surface area contributed by atoms with Crippen LogP contribution in [-0.2, 0) is 4.79 Å². The summed E-state index contributed by atoms with van der Waals surface area (Å²) >= 11 is 3.62. The Bertz CT molecular complexity index is 394. The molecular weight excluding hydrogens is 280 g/mol. The Morgan fingerprint density at radius 3 is 3.00 bits per heavy atom. The molecule has 0 bridgehead atoms. The van der Waals surface area contributed by atoms with Gasteiger partial charge in [0.1, 0.15) is 5.37 Å². The predicted octanol–water partition coefficient (Wildman–Crippen LogP) is 1.43. The van der Waals surface area contributed by atoms with Gasteiger partial charge in [0.15, 0.2) is 0 Å². The molecule has 0 aromatic rings. The molecule has 1 amide bonds. The van der Waals surface area contributed by atoms with Crippen LogP contribution in [0.4, 0.5) is 0 Å². The van der Waals surface area contributed by atoms with Gasteiger partial charge in [-0.1, -0.05) is 11.8 Å². The Balaban J connectivity index is 1.50. The maximum absolute atomic E-state index is 11.8. The maximum Gasteiger partial charge on any atom is 0.236 e. The molecule has 106 valence electrons. The molecule has 3 rings (SSSR count). The van der Waals surface area contributed by atoms with Crippen LogP contribution in [0.3, 0.4) is 0 Å². The summed E-state index contributed by atoms with van der Waals surface area (Å²) in [6.45, 7) is 3.98. The van der Waals surface area contributed by atoms with Gasteiger partial charge in [-0.15, -0.1) is 11.8 Å². The standard InChI is InChI=1S/C13H20N2O2S2/c1-8(16)11-12(17)15-6-10(19-13(11)15)18-7-9-2-4-14-5-3-9/h6,8-9,11,13-14,16H,2-5,7H2,1H3/t8-,11+,13-/m1/s1. The molecule has 0 aromatic heterocycles. The molecule has 0 spiro atoms. The Morgan fingerprint density at radius 1 is 1.58 bits per heavy atom. The minimum atomic E-state index is -0.539. The summed E-state index contributed by atoms with van der Waals surface area (Å²) in [5, 5.41) is 13.1. The molecule has 0 aromatic carbocycles. The number of carbonyl (C=O) groups excluding carboxylic acids is 1. The van der Waals surface area contributed by atoms with Gasteiger partial charge in [0.25, 0.3) is 0 Å². The van der Waals surface area contributed by atoms with Gasteiger partial charge in [-0.3, -0.25) is 4.79 Å². The van der Waals surface area contributed by atoms with Crippen LogP contribution in [-0.4, -0.2) is 46.2 Å². The maximum atomic E-state index is 11.8. The van der Waals surface area contributed by atoms with E-state index in [9.17, 15) is 9.90 Å². The molecule has 3 aliphatic heterocycles. The van der Waals surface area contributed by atoms with Crippen LogP contribution in [0.5, 0.6) is 0 Å². The van der Waals surface area contributed by atoms with E-state index in [1.54, 1.807) is 23.6 Å². The summed E-state index contributed by atoms with van der Waals surface area (Å²) in [5.74, 6) is 1.81. The molecule has 3 heterocycles. The van der Waals surface area contributed by atoms with E-state index in [2.05, 4.69) is 5.32 Å². The van der Waals surface area contributed by atoms with Crippen LogP contribution < -0.4 is 5.32 Å². The van der Waals surface area contributed by atoms with Crippen molar-refractivity contribution in [2.75, 3.05) is 18.8 Å². The number of aliphatic hydroxyl groups excluding tert-OH is 1. The summed E-state index contributed by atoms with van der Waals surface area (Å²) in [6, 6.07) is 0. The molecule has 6 heteroatoms. The number of amides is 1. The number of nitrogens with zero attached hydrogens (tertiary/aromatic N) is 1. The Kier molecular flexibility index (Phi) is 4.12. The first kappa shape index (κ1) is 13.8. The Hall–Kier alpha value is -0.170. The minimum absolute atomic E-state index is 0.0740. The highest BCUT2D eigenvalue weighted by Crippen LogP contribution is 2.50. The lowest BCUT2D eigenvalue weighted by Gasteiger charge is -2.42. The van der Waals surface area contributed by atoms with Crippen molar-refractivity contribution in [3.05, 3.63) is 10.4 Å². The van der Waals surface area contributed by atoms with Crippen LogP contribution in [0, 0.1) is 11.8 Å². The number of hydrogen-bond acceptors (Lipinski definition) is 5. The molecule has 2 saturated heterocycles. The van der Waals surface area contributed by atoms with E-state index in [1.165, 1.54) is 17.1 Å². The molecule has 4 nitrogen and oxygen atoms in total. The average molecular weight is 300 g/mol. The second-order valence-corrected chi connectivity index (χ2v) is 7.95. The number of piperidine rings is 1. The SMILES string of the molecule is C[C@@H](O)[C@H]1C(=O)N2C=C(SCC3CCNCC3)S[C@H]12. The fourth-order valence-corrected chi connectivity index (χ4v) is 5.68. The van der Waals surface area contributed by atoms with Gasteiger partial charge in [-0.05, 0) is 38.8 Å². The van der Waals surface area contributed by atoms with Crippen LogP contribution in [0.2, 0.25) is 0 Å². The number of fused-ring (bicyclic) bond motifs is 1. The van der Waals surface area contributed by atoms with Crippen molar-refractivity contribution in [2.45, 2.75) is 31.2 Å². The molecule has 0 unspecified atom stereocenters. The number of nitrogens with one attached hydrogen (secondary N) is 1. The predicted molar refractivity (Wildman–Crippen MR) is 79.5 cm³/mol. The molecule has 0 radical (unpaired) electrons. The van der Waals surface area contributed by atoms with E-state index in [-0.39, 0.29) is 17.2 Å². The second kappa shape index (κ2) is 5.68. The Morgan fingerprint density at radius 2 is 2.32 bits per heavy atom. The highest BCUT2D eigenvalue weighted by molar-refractivity contribution is 8.22. The zero-order valence-electron chi connectivity index (χ0n) is 11.0. The summed E-state index contributed by atoms with van der Waals surface area (Å²) in [5.41, 5.74) is 0. The monoisotopic (exact) mass is 300 g/mol. The highest BCUT2D eigenvalue weighted by atomic mass is 32.2. The van der Waals surface area contributed by atoms with Gasteiger partial charge in [0.2, 0.25) is 5.91 Å². The lowest BCUT2D eigenvalue weighted by atomic mass is 9.93. The summed E-state index contributed by atoms with van der Waals surface area (Å²) in [4.78, 5) is 13.6. The minimum Gasteiger partial charge on any atom is -0.392 e.